The van der Waals surface area contributed by atoms with Crippen molar-refractivity contribution in [2.24, 2.45) is 0 Å². The van der Waals surface area contributed by atoms with Gasteiger partial charge in [0, 0.05) is 24.3 Å². The lowest BCUT2D eigenvalue weighted by Gasteiger charge is -2.03. The Hall–Kier alpha value is -3.15. The van der Waals surface area contributed by atoms with Crippen molar-refractivity contribution in [1.29, 1.82) is 0 Å². The average molecular weight is 291 g/mol. The summed E-state index contributed by atoms with van der Waals surface area (Å²) in [4.78, 5) is 16.2. The van der Waals surface area contributed by atoms with E-state index in [1.807, 2.05) is 41.1 Å². The number of imidazole rings is 2. The van der Waals surface area contributed by atoms with Gasteiger partial charge in [0.25, 0.3) is 0 Å². The Morgan fingerprint density at radius 2 is 2.14 bits per heavy atom. The molecule has 108 valence electrons. The van der Waals surface area contributed by atoms with Gasteiger partial charge in [-0.15, -0.1) is 0 Å². The molecule has 6 nitrogen and oxygen atoms in total. The Bertz CT molecular complexity index is 927. The Morgan fingerprint density at radius 3 is 2.95 bits per heavy atom. The van der Waals surface area contributed by atoms with Crippen molar-refractivity contribution >= 4 is 11.0 Å². The number of ether oxygens (including phenoxy) is 1. The predicted molar refractivity (Wildman–Crippen MR) is 83.0 cm³/mol. The first-order valence-corrected chi connectivity index (χ1v) is 6.82. The van der Waals surface area contributed by atoms with Crippen molar-refractivity contribution in [3.63, 3.8) is 0 Å². The van der Waals surface area contributed by atoms with Crippen molar-refractivity contribution in [3.8, 4) is 23.0 Å². The predicted octanol–water partition coefficient (Wildman–Crippen LogP) is 2.82. The van der Waals surface area contributed by atoms with E-state index in [2.05, 4.69) is 19.9 Å². The van der Waals surface area contributed by atoms with E-state index in [-0.39, 0.29) is 0 Å². The highest BCUT2D eigenvalue weighted by atomic mass is 16.5. The second kappa shape index (κ2) is 5.00. The zero-order chi connectivity index (χ0) is 14.9. The lowest BCUT2D eigenvalue weighted by Crippen LogP contribution is -1.91. The van der Waals surface area contributed by atoms with Gasteiger partial charge in [-0.25, -0.2) is 15.0 Å². The summed E-state index contributed by atoms with van der Waals surface area (Å²) in [7, 11) is 1.60. The van der Waals surface area contributed by atoms with Crippen LogP contribution in [0.25, 0.3) is 28.1 Å². The van der Waals surface area contributed by atoms with Crippen LogP contribution in [0.1, 0.15) is 0 Å². The molecule has 0 aliphatic carbocycles. The molecule has 0 aliphatic heterocycles. The molecule has 6 heteroatoms. The third-order valence-corrected chi connectivity index (χ3v) is 3.49. The molecular formula is C16H13N5O. The SMILES string of the molecule is COc1ncccc1-c1nc2ccc(-n3ccnc3)cc2[nH]1. The summed E-state index contributed by atoms with van der Waals surface area (Å²) in [5.74, 6) is 1.29. The van der Waals surface area contributed by atoms with Crippen LogP contribution in [0.4, 0.5) is 0 Å². The molecule has 1 N–H and O–H groups in total. The van der Waals surface area contributed by atoms with Crippen molar-refractivity contribution < 1.29 is 4.74 Å². The van der Waals surface area contributed by atoms with Crippen LogP contribution in [0.15, 0.2) is 55.2 Å². The maximum Gasteiger partial charge on any atom is 0.224 e. The molecule has 3 aromatic heterocycles. The number of aromatic amines is 1. The minimum atomic E-state index is 0.552. The zero-order valence-electron chi connectivity index (χ0n) is 11.9. The van der Waals surface area contributed by atoms with Crippen LogP contribution in [-0.2, 0) is 0 Å². The van der Waals surface area contributed by atoms with Gasteiger partial charge in [-0.3, -0.25) is 0 Å². The van der Waals surface area contributed by atoms with E-state index in [0.717, 1.165) is 28.1 Å². The van der Waals surface area contributed by atoms with Crippen LogP contribution in [0.2, 0.25) is 0 Å². The van der Waals surface area contributed by atoms with Crippen LogP contribution in [0, 0.1) is 0 Å². The average Bonchev–Trinajstić information content (AvgIpc) is 3.23. The number of H-pyrrole nitrogens is 1. The van der Waals surface area contributed by atoms with Gasteiger partial charge < -0.3 is 14.3 Å². The summed E-state index contributed by atoms with van der Waals surface area (Å²) >= 11 is 0. The lowest BCUT2D eigenvalue weighted by atomic mass is 10.2. The Kier molecular flexibility index (Phi) is 2.86. The van der Waals surface area contributed by atoms with E-state index in [0.29, 0.717) is 5.88 Å². The third kappa shape index (κ3) is 2.01. The standard InChI is InChI=1S/C16H13N5O/c1-22-16-12(3-2-6-18-16)15-19-13-5-4-11(9-14(13)20-15)21-8-7-17-10-21/h2-10H,1H3,(H,19,20). The van der Waals surface area contributed by atoms with Crippen LogP contribution < -0.4 is 4.74 Å². The molecule has 0 amide bonds. The molecule has 0 spiro atoms. The number of nitrogens with one attached hydrogen (secondary N) is 1. The Balaban J connectivity index is 1.84. The van der Waals surface area contributed by atoms with E-state index in [9.17, 15) is 0 Å². The first kappa shape index (κ1) is 12.6. The summed E-state index contributed by atoms with van der Waals surface area (Å²) in [5.41, 5.74) is 3.71. The number of methoxy groups -OCH3 is 1. The number of hydrogen-bond acceptors (Lipinski definition) is 4. The summed E-state index contributed by atoms with van der Waals surface area (Å²) in [6.07, 6.45) is 7.12. The molecule has 3 heterocycles. The number of fused-ring (bicyclic) bond motifs is 1. The zero-order valence-corrected chi connectivity index (χ0v) is 11.9. The largest absolute Gasteiger partial charge is 0.480 e. The molecule has 0 radical (unpaired) electrons. The van der Waals surface area contributed by atoms with Crippen LogP contribution in [0.3, 0.4) is 0 Å². The van der Waals surface area contributed by atoms with E-state index >= 15 is 0 Å². The summed E-state index contributed by atoms with van der Waals surface area (Å²) in [5, 5.41) is 0. The molecule has 0 atom stereocenters. The van der Waals surface area contributed by atoms with Gasteiger partial charge in [-0.1, -0.05) is 0 Å². The quantitative estimate of drug-likeness (QED) is 0.630. The van der Waals surface area contributed by atoms with Gasteiger partial charge in [0.05, 0.1) is 30.0 Å². The van der Waals surface area contributed by atoms with Crippen molar-refractivity contribution in [2.75, 3.05) is 7.11 Å². The van der Waals surface area contributed by atoms with Crippen molar-refractivity contribution in [1.82, 2.24) is 24.5 Å². The van der Waals surface area contributed by atoms with Gasteiger partial charge in [0.15, 0.2) is 0 Å². The highest BCUT2D eigenvalue weighted by molar-refractivity contribution is 5.82. The molecule has 4 aromatic rings. The lowest BCUT2D eigenvalue weighted by molar-refractivity contribution is 0.399. The van der Waals surface area contributed by atoms with Gasteiger partial charge in [-0.2, -0.15) is 0 Å². The van der Waals surface area contributed by atoms with E-state index < -0.39 is 0 Å². The Labute approximate surface area is 126 Å². The third-order valence-electron chi connectivity index (χ3n) is 3.49. The normalized spacial score (nSPS) is 11.0. The van der Waals surface area contributed by atoms with Gasteiger partial charge in [0.2, 0.25) is 5.88 Å². The molecule has 0 aliphatic rings. The first-order valence-electron chi connectivity index (χ1n) is 6.82. The fraction of sp³-hybridized carbons (Fsp3) is 0.0625. The number of benzene rings is 1. The first-order chi connectivity index (χ1) is 10.8. The van der Waals surface area contributed by atoms with Gasteiger partial charge in [-0.05, 0) is 30.3 Å². The minimum absolute atomic E-state index is 0.552. The maximum atomic E-state index is 5.29. The Morgan fingerprint density at radius 1 is 1.18 bits per heavy atom. The fourth-order valence-electron chi connectivity index (χ4n) is 2.43. The number of rotatable bonds is 3. The summed E-state index contributed by atoms with van der Waals surface area (Å²) in [6.45, 7) is 0. The van der Waals surface area contributed by atoms with Gasteiger partial charge in [0.1, 0.15) is 5.82 Å². The highest BCUT2D eigenvalue weighted by Gasteiger charge is 2.11. The van der Waals surface area contributed by atoms with E-state index in [4.69, 9.17) is 4.74 Å². The second-order valence-corrected chi connectivity index (χ2v) is 4.82. The number of hydrogen-bond donors (Lipinski definition) is 1. The molecule has 1 aromatic carbocycles. The van der Waals surface area contributed by atoms with Crippen LogP contribution >= 0.6 is 0 Å². The van der Waals surface area contributed by atoms with E-state index in [1.165, 1.54) is 0 Å². The number of pyridine rings is 1. The van der Waals surface area contributed by atoms with Gasteiger partial charge >= 0.3 is 0 Å². The molecule has 4 rings (SSSR count). The number of aromatic nitrogens is 5. The summed E-state index contributed by atoms with van der Waals surface area (Å²) < 4.78 is 7.24. The fourth-order valence-corrected chi connectivity index (χ4v) is 2.43. The topological polar surface area (TPSA) is 68.6 Å². The molecule has 0 saturated heterocycles. The minimum Gasteiger partial charge on any atom is -0.480 e. The van der Waals surface area contributed by atoms with Crippen molar-refractivity contribution in [2.45, 2.75) is 0 Å². The van der Waals surface area contributed by atoms with Crippen LogP contribution in [-0.4, -0.2) is 31.6 Å². The molecule has 0 saturated carbocycles. The maximum absolute atomic E-state index is 5.29. The smallest absolute Gasteiger partial charge is 0.224 e. The molecule has 0 unspecified atom stereocenters. The number of nitrogens with zero attached hydrogens (tertiary/aromatic N) is 4. The summed E-state index contributed by atoms with van der Waals surface area (Å²) in [6, 6.07) is 9.82. The monoisotopic (exact) mass is 291 g/mol. The van der Waals surface area contributed by atoms with E-state index in [1.54, 1.807) is 25.8 Å². The molecule has 0 bridgehead atoms. The molecular weight excluding hydrogens is 278 g/mol. The second-order valence-electron chi connectivity index (χ2n) is 4.82. The van der Waals surface area contributed by atoms with Crippen LogP contribution in [0.5, 0.6) is 5.88 Å². The highest BCUT2D eigenvalue weighted by Crippen LogP contribution is 2.27. The molecule has 0 fully saturated rings. The molecule has 22 heavy (non-hydrogen) atoms. The van der Waals surface area contributed by atoms with Crippen molar-refractivity contribution in [3.05, 3.63) is 55.2 Å².